The van der Waals surface area contributed by atoms with Gasteiger partial charge in [0.2, 0.25) is 21.1 Å². The van der Waals surface area contributed by atoms with Crippen molar-refractivity contribution in [1.29, 1.82) is 0 Å². The normalized spacial score (nSPS) is 15.8. The molecular formula is C22H25N5O4S2. The maximum absolute atomic E-state index is 13.1. The summed E-state index contributed by atoms with van der Waals surface area (Å²) in [6.45, 7) is 4.87. The zero-order valence-electron chi connectivity index (χ0n) is 18.3. The van der Waals surface area contributed by atoms with E-state index in [0.29, 0.717) is 42.7 Å². The Morgan fingerprint density at radius 1 is 1.15 bits per heavy atom. The van der Waals surface area contributed by atoms with E-state index >= 15 is 0 Å². The fourth-order valence-electron chi connectivity index (χ4n) is 3.34. The van der Waals surface area contributed by atoms with Crippen LogP contribution in [0.1, 0.15) is 12.5 Å². The Morgan fingerprint density at radius 3 is 2.61 bits per heavy atom. The molecule has 0 unspecified atom stereocenters. The van der Waals surface area contributed by atoms with Gasteiger partial charge in [-0.15, -0.1) is 5.10 Å². The Labute approximate surface area is 197 Å². The molecule has 1 aliphatic rings. The second kappa shape index (κ2) is 10.0. The molecule has 1 atom stereocenters. The molecule has 0 bridgehead atoms. The van der Waals surface area contributed by atoms with Crippen LogP contribution in [0.15, 0.2) is 64.9 Å². The Morgan fingerprint density at radius 2 is 1.88 bits per heavy atom. The lowest BCUT2D eigenvalue weighted by Crippen LogP contribution is -2.40. The molecule has 1 saturated heterocycles. The molecular weight excluding hydrogens is 462 g/mol. The summed E-state index contributed by atoms with van der Waals surface area (Å²) in [6.07, 6.45) is 1.60. The molecule has 9 nitrogen and oxygen atoms in total. The van der Waals surface area contributed by atoms with Gasteiger partial charge in [-0.05, 0) is 43.7 Å². The lowest BCUT2D eigenvalue weighted by Gasteiger charge is -2.27. The van der Waals surface area contributed by atoms with Crippen LogP contribution in [0.3, 0.4) is 0 Å². The number of hydrogen-bond donors (Lipinski definition) is 1. The number of aromatic nitrogens is 3. The van der Waals surface area contributed by atoms with Crippen LogP contribution < -0.4 is 5.32 Å². The Bertz CT molecular complexity index is 1220. The summed E-state index contributed by atoms with van der Waals surface area (Å²) >= 11 is 1.23. The van der Waals surface area contributed by atoms with Gasteiger partial charge in [-0.25, -0.2) is 18.1 Å². The summed E-state index contributed by atoms with van der Waals surface area (Å²) < 4.78 is 34.5. The monoisotopic (exact) mass is 487 g/mol. The third-order valence-electron chi connectivity index (χ3n) is 5.19. The summed E-state index contributed by atoms with van der Waals surface area (Å²) in [4.78, 5) is 17.2. The first kappa shape index (κ1) is 23.4. The largest absolute Gasteiger partial charge is 0.379 e. The van der Waals surface area contributed by atoms with Gasteiger partial charge >= 0.3 is 0 Å². The van der Waals surface area contributed by atoms with Gasteiger partial charge in [0.1, 0.15) is 6.33 Å². The topological polar surface area (TPSA) is 106 Å². The molecule has 11 heteroatoms. The average molecular weight is 488 g/mol. The number of rotatable bonds is 7. The van der Waals surface area contributed by atoms with Gasteiger partial charge in [-0.1, -0.05) is 36.0 Å². The number of benzene rings is 2. The summed E-state index contributed by atoms with van der Waals surface area (Å²) in [6, 6.07) is 14.5. The summed E-state index contributed by atoms with van der Waals surface area (Å²) in [5.74, 6) is -0.269. The van der Waals surface area contributed by atoms with E-state index in [0.717, 1.165) is 5.69 Å². The molecule has 2 aromatic carbocycles. The molecule has 1 aromatic heterocycles. The van der Waals surface area contributed by atoms with Gasteiger partial charge in [0.25, 0.3) is 0 Å². The number of hydrogen-bond acceptors (Lipinski definition) is 7. The maximum atomic E-state index is 13.1. The number of ether oxygens (including phenoxy) is 1. The predicted octanol–water partition coefficient (Wildman–Crippen LogP) is 2.72. The van der Waals surface area contributed by atoms with Crippen molar-refractivity contribution in [2.75, 3.05) is 31.6 Å². The van der Waals surface area contributed by atoms with Crippen LogP contribution in [0.5, 0.6) is 0 Å². The molecule has 174 valence electrons. The van der Waals surface area contributed by atoms with Gasteiger partial charge in [0.15, 0.2) is 0 Å². The van der Waals surface area contributed by atoms with Gasteiger partial charge in [0.05, 0.1) is 29.0 Å². The lowest BCUT2D eigenvalue weighted by atomic mass is 10.2. The number of morpholine rings is 1. The van der Waals surface area contributed by atoms with E-state index in [4.69, 9.17) is 4.74 Å². The summed E-state index contributed by atoms with van der Waals surface area (Å²) in [5, 5.41) is 7.21. The fourth-order valence-corrected chi connectivity index (χ4v) is 5.73. The highest BCUT2D eigenvalue weighted by molar-refractivity contribution is 8.00. The molecule has 1 N–H and O–H groups in total. The van der Waals surface area contributed by atoms with Crippen molar-refractivity contribution in [3.8, 4) is 5.69 Å². The van der Waals surface area contributed by atoms with Crippen LogP contribution in [0, 0.1) is 6.92 Å². The third kappa shape index (κ3) is 5.44. The van der Waals surface area contributed by atoms with Gasteiger partial charge in [-0.2, -0.15) is 4.31 Å². The van der Waals surface area contributed by atoms with Crippen LogP contribution in [0.2, 0.25) is 0 Å². The molecule has 2 heterocycles. The quantitative estimate of drug-likeness (QED) is 0.511. The van der Waals surface area contributed by atoms with Crippen molar-refractivity contribution in [3.63, 3.8) is 0 Å². The van der Waals surface area contributed by atoms with Gasteiger partial charge in [-0.3, -0.25) is 4.79 Å². The first-order chi connectivity index (χ1) is 15.8. The molecule has 4 rings (SSSR count). The highest BCUT2D eigenvalue weighted by Crippen LogP contribution is 2.26. The van der Waals surface area contributed by atoms with Gasteiger partial charge < -0.3 is 10.1 Å². The lowest BCUT2D eigenvalue weighted by molar-refractivity contribution is -0.115. The first-order valence-corrected chi connectivity index (χ1v) is 12.8. The molecule has 0 radical (unpaired) electrons. The van der Waals surface area contributed by atoms with Crippen molar-refractivity contribution in [2.45, 2.75) is 29.1 Å². The van der Waals surface area contributed by atoms with Crippen molar-refractivity contribution in [1.82, 2.24) is 19.1 Å². The van der Waals surface area contributed by atoms with E-state index in [-0.39, 0.29) is 10.8 Å². The zero-order valence-corrected chi connectivity index (χ0v) is 20.0. The number of carbonyl (C=O) groups excluding carboxylic acids is 1. The molecule has 1 aliphatic heterocycles. The molecule has 0 spiro atoms. The number of nitrogens with zero attached hydrogens (tertiary/aromatic N) is 4. The molecule has 1 amide bonds. The minimum absolute atomic E-state index is 0.186. The zero-order chi connectivity index (χ0) is 23.4. The van der Waals surface area contributed by atoms with Gasteiger partial charge in [0, 0.05) is 18.8 Å². The second-order valence-electron chi connectivity index (χ2n) is 7.55. The smallest absolute Gasteiger partial charge is 0.243 e. The molecule has 3 aromatic rings. The summed E-state index contributed by atoms with van der Waals surface area (Å²) in [5.41, 5.74) is 1.92. The van der Waals surface area contributed by atoms with E-state index in [1.807, 2.05) is 30.3 Å². The third-order valence-corrected chi connectivity index (χ3v) is 8.19. The number of carbonyl (C=O) groups is 1. The number of aryl methyl sites for hydroxylation is 1. The number of thioether (sulfide) groups is 1. The molecule has 1 fully saturated rings. The second-order valence-corrected chi connectivity index (χ2v) is 10.8. The fraction of sp³-hybridized carbons (Fsp3) is 0.318. The van der Waals surface area contributed by atoms with Crippen molar-refractivity contribution < 1.29 is 17.9 Å². The number of nitrogens with one attached hydrogen (secondary N) is 1. The van der Waals surface area contributed by atoms with Crippen LogP contribution >= 0.6 is 11.8 Å². The standard InChI is InChI=1S/C22H25N5O4S2/c1-16-8-9-18(14-20(16)33(29,30)26-10-12-31-13-11-26)24-21(28)17(2)32-22-23-15-27(25-22)19-6-4-3-5-7-19/h3-9,14-15,17H,10-13H2,1-2H3,(H,24,28)/t17-/m0/s1. The minimum atomic E-state index is -3.67. The SMILES string of the molecule is Cc1ccc(NC(=O)[C@H](C)Sc2ncn(-c3ccccc3)n2)cc1S(=O)(=O)N1CCOCC1. The number of anilines is 1. The Hall–Kier alpha value is -2.73. The van der Waals surface area contributed by atoms with Crippen molar-refractivity contribution in [3.05, 3.63) is 60.4 Å². The van der Waals surface area contributed by atoms with Crippen molar-refractivity contribution in [2.24, 2.45) is 0 Å². The van der Waals surface area contributed by atoms with Crippen LogP contribution in [0.25, 0.3) is 5.69 Å². The summed E-state index contributed by atoms with van der Waals surface area (Å²) in [7, 11) is -3.67. The number of para-hydroxylation sites is 1. The van der Waals surface area contributed by atoms with E-state index in [1.54, 1.807) is 37.0 Å². The van der Waals surface area contributed by atoms with Crippen LogP contribution in [-0.2, 0) is 19.6 Å². The highest BCUT2D eigenvalue weighted by Gasteiger charge is 2.28. The van der Waals surface area contributed by atoms with E-state index in [1.165, 1.54) is 22.1 Å². The van der Waals surface area contributed by atoms with E-state index < -0.39 is 15.3 Å². The molecule has 33 heavy (non-hydrogen) atoms. The first-order valence-electron chi connectivity index (χ1n) is 10.5. The van der Waals surface area contributed by atoms with E-state index in [9.17, 15) is 13.2 Å². The predicted molar refractivity (Wildman–Crippen MR) is 126 cm³/mol. The van der Waals surface area contributed by atoms with Crippen molar-refractivity contribution >= 4 is 33.4 Å². The molecule has 0 saturated carbocycles. The van der Waals surface area contributed by atoms with E-state index in [2.05, 4.69) is 15.4 Å². The Balaban J connectivity index is 1.44. The minimum Gasteiger partial charge on any atom is -0.379 e. The van der Waals surface area contributed by atoms with Crippen LogP contribution in [-0.4, -0.2) is 64.9 Å². The average Bonchev–Trinajstić information content (AvgIpc) is 3.30. The Kier molecular flexibility index (Phi) is 7.13. The van der Waals surface area contributed by atoms with Crippen LogP contribution in [0.4, 0.5) is 5.69 Å². The highest BCUT2D eigenvalue weighted by atomic mass is 32.2. The number of sulfonamides is 1. The molecule has 0 aliphatic carbocycles. The maximum Gasteiger partial charge on any atom is 0.243 e. The number of amides is 1.